The standard InChI is InChI=1S/C16H29N3S/c1-5-14(17)15(16-12(2)7-9-20-16)19(4)11-13-6-8-18(3)10-13/h7,9,13-15H,5-6,8,10-11,17H2,1-4H3. The smallest absolute Gasteiger partial charge is 0.0593 e. The molecule has 1 aliphatic heterocycles. The van der Waals surface area contributed by atoms with Gasteiger partial charge in [-0.1, -0.05) is 6.92 Å². The van der Waals surface area contributed by atoms with Crippen LogP contribution in [-0.2, 0) is 0 Å². The van der Waals surface area contributed by atoms with Crippen LogP contribution in [-0.4, -0.2) is 49.6 Å². The molecule has 0 aromatic carbocycles. The lowest BCUT2D eigenvalue weighted by molar-refractivity contribution is 0.182. The van der Waals surface area contributed by atoms with Crippen LogP contribution >= 0.6 is 11.3 Å². The van der Waals surface area contributed by atoms with E-state index in [0.717, 1.165) is 18.9 Å². The van der Waals surface area contributed by atoms with Gasteiger partial charge in [0.25, 0.3) is 0 Å². The van der Waals surface area contributed by atoms with Crippen molar-refractivity contribution in [3.63, 3.8) is 0 Å². The van der Waals surface area contributed by atoms with Gasteiger partial charge in [-0.15, -0.1) is 11.3 Å². The minimum Gasteiger partial charge on any atom is -0.326 e. The van der Waals surface area contributed by atoms with Gasteiger partial charge in [0.2, 0.25) is 0 Å². The predicted octanol–water partition coefficient (Wildman–Crippen LogP) is 2.72. The molecule has 0 aliphatic carbocycles. The van der Waals surface area contributed by atoms with E-state index in [1.54, 1.807) is 0 Å². The van der Waals surface area contributed by atoms with Crippen molar-refractivity contribution in [2.75, 3.05) is 33.7 Å². The zero-order valence-corrected chi connectivity index (χ0v) is 14.1. The summed E-state index contributed by atoms with van der Waals surface area (Å²) in [6, 6.07) is 2.80. The first-order valence-electron chi connectivity index (χ1n) is 7.71. The van der Waals surface area contributed by atoms with E-state index in [4.69, 9.17) is 5.73 Å². The summed E-state index contributed by atoms with van der Waals surface area (Å²) in [5, 5.41) is 2.19. The van der Waals surface area contributed by atoms with Crippen LogP contribution in [0.3, 0.4) is 0 Å². The molecule has 4 heteroatoms. The van der Waals surface area contributed by atoms with E-state index in [2.05, 4.69) is 49.2 Å². The van der Waals surface area contributed by atoms with Gasteiger partial charge in [0.05, 0.1) is 6.04 Å². The Kier molecular flexibility index (Phi) is 5.61. The Morgan fingerprint density at radius 3 is 2.80 bits per heavy atom. The largest absolute Gasteiger partial charge is 0.326 e. The number of rotatable bonds is 6. The first kappa shape index (κ1) is 16.0. The fourth-order valence-corrected chi connectivity index (χ4v) is 4.50. The second-order valence-electron chi connectivity index (χ2n) is 6.34. The molecular weight excluding hydrogens is 266 g/mol. The molecule has 2 N–H and O–H groups in total. The molecule has 1 aromatic rings. The molecule has 0 bridgehead atoms. The van der Waals surface area contributed by atoms with Crippen molar-refractivity contribution < 1.29 is 0 Å². The normalized spacial score (nSPS) is 23.4. The number of nitrogens with zero attached hydrogens (tertiary/aromatic N) is 2. The molecule has 0 radical (unpaired) electrons. The summed E-state index contributed by atoms with van der Waals surface area (Å²) in [6.07, 6.45) is 2.34. The van der Waals surface area contributed by atoms with Gasteiger partial charge in [-0.05, 0) is 63.3 Å². The summed E-state index contributed by atoms with van der Waals surface area (Å²) in [5.74, 6) is 0.789. The number of hydrogen-bond acceptors (Lipinski definition) is 4. The van der Waals surface area contributed by atoms with Crippen LogP contribution < -0.4 is 5.73 Å². The third-order valence-electron chi connectivity index (χ3n) is 4.56. The van der Waals surface area contributed by atoms with E-state index in [1.165, 1.54) is 30.0 Å². The van der Waals surface area contributed by atoms with Gasteiger partial charge in [0.15, 0.2) is 0 Å². The molecule has 3 unspecified atom stereocenters. The second kappa shape index (κ2) is 7.03. The molecule has 2 heterocycles. The zero-order chi connectivity index (χ0) is 14.7. The molecule has 1 fully saturated rings. The Morgan fingerprint density at radius 2 is 2.30 bits per heavy atom. The molecule has 3 nitrogen and oxygen atoms in total. The minimum absolute atomic E-state index is 0.219. The number of likely N-dealkylation sites (N-methyl/N-ethyl adjacent to an activating group) is 1. The van der Waals surface area contributed by atoms with E-state index >= 15 is 0 Å². The molecule has 1 aliphatic rings. The first-order valence-corrected chi connectivity index (χ1v) is 8.59. The van der Waals surface area contributed by atoms with E-state index in [1.807, 2.05) is 11.3 Å². The average molecular weight is 295 g/mol. The quantitative estimate of drug-likeness (QED) is 0.876. The van der Waals surface area contributed by atoms with Gasteiger partial charge in [0, 0.05) is 24.0 Å². The maximum Gasteiger partial charge on any atom is 0.0593 e. The average Bonchev–Trinajstić information content (AvgIpc) is 2.99. The molecule has 2 rings (SSSR count). The summed E-state index contributed by atoms with van der Waals surface area (Å²) in [4.78, 5) is 6.38. The van der Waals surface area contributed by atoms with E-state index in [9.17, 15) is 0 Å². The molecular formula is C16H29N3S. The second-order valence-corrected chi connectivity index (χ2v) is 7.29. The van der Waals surface area contributed by atoms with Gasteiger partial charge in [-0.3, -0.25) is 4.90 Å². The van der Waals surface area contributed by atoms with Crippen molar-refractivity contribution >= 4 is 11.3 Å². The lowest BCUT2D eigenvalue weighted by Crippen LogP contribution is -2.41. The van der Waals surface area contributed by atoms with E-state index < -0.39 is 0 Å². The Labute approximate surface area is 127 Å². The van der Waals surface area contributed by atoms with Crippen LogP contribution in [0.1, 0.15) is 36.2 Å². The Bertz CT molecular complexity index is 418. The fourth-order valence-electron chi connectivity index (χ4n) is 3.33. The molecule has 20 heavy (non-hydrogen) atoms. The summed E-state index contributed by atoms with van der Waals surface area (Å²) < 4.78 is 0. The molecule has 114 valence electrons. The van der Waals surface area contributed by atoms with Crippen molar-refractivity contribution in [2.45, 2.75) is 38.8 Å². The van der Waals surface area contributed by atoms with Crippen LogP contribution in [0.4, 0.5) is 0 Å². The van der Waals surface area contributed by atoms with Crippen molar-refractivity contribution in [1.82, 2.24) is 9.80 Å². The molecule has 3 atom stereocenters. The van der Waals surface area contributed by atoms with Crippen LogP contribution in [0.2, 0.25) is 0 Å². The van der Waals surface area contributed by atoms with Crippen LogP contribution in [0.15, 0.2) is 11.4 Å². The number of likely N-dealkylation sites (tertiary alicyclic amines) is 1. The van der Waals surface area contributed by atoms with Crippen molar-refractivity contribution in [2.24, 2.45) is 11.7 Å². The fraction of sp³-hybridized carbons (Fsp3) is 0.750. The predicted molar refractivity (Wildman–Crippen MR) is 88.3 cm³/mol. The molecule has 1 saturated heterocycles. The van der Waals surface area contributed by atoms with Crippen LogP contribution in [0.5, 0.6) is 0 Å². The Hall–Kier alpha value is -0.420. The summed E-state index contributed by atoms with van der Waals surface area (Å²) in [6.45, 7) is 8.01. The SMILES string of the molecule is CCC(N)C(c1sccc1C)N(C)CC1CCN(C)C1. The monoisotopic (exact) mass is 295 g/mol. The summed E-state index contributed by atoms with van der Waals surface area (Å²) >= 11 is 1.86. The highest BCUT2D eigenvalue weighted by molar-refractivity contribution is 7.10. The lowest BCUT2D eigenvalue weighted by Gasteiger charge is -2.34. The highest BCUT2D eigenvalue weighted by Gasteiger charge is 2.29. The maximum absolute atomic E-state index is 6.43. The van der Waals surface area contributed by atoms with Gasteiger partial charge in [0.1, 0.15) is 0 Å². The van der Waals surface area contributed by atoms with Crippen LogP contribution in [0.25, 0.3) is 0 Å². The van der Waals surface area contributed by atoms with E-state index in [0.29, 0.717) is 6.04 Å². The molecule has 0 saturated carbocycles. The van der Waals surface area contributed by atoms with Crippen molar-refractivity contribution in [3.8, 4) is 0 Å². The zero-order valence-electron chi connectivity index (χ0n) is 13.3. The highest BCUT2D eigenvalue weighted by Crippen LogP contribution is 2.32. The maximum atomic E-state index is 6.43. The topological polar surface area (TPSA) is 32.5 Å². The summed E-state index contributed by atoms with van der Waals surface area (Å²) in [5.41, 5.74) is 7.82. The number of aryl methyl sites for hydroxylation is 1. The van der Waals surface area contributed by atoms with Gasteiger partial charge < -0.3 is 10.6 Å². The van der Waals surface area contributed by atoms with Gasteiger partial charge >= 0.3 is 0 Å². The number of nitrogens with two attached hydrogens (primary N) is 1. The van der Waals surface area contributed by atoms with Crippen LogP contribution in [0, 0.1) is 12.8 Å². The highest BCUT2D eigenvalue weighted by atomic mass is 32.1. The number of thiophene rings is 1. The van der Waals surface area contributed by atoms with Crippen molar-refractivity contribution in [1.29, 1.82) is 0 Å². The summed E-state index contributed by atoms with van der Waals surface area (Å²) in [7, 11) is 4.47. The number of hydrogen-bond donors (Lipinski definition) is 1. The molecule has 0 spiro atoms. The third-order valence-corrected chi connectivity index (χ3v) is 5.65. The van der Waals surface area contributed by atoms with Gasteiger partial charge in [-0.25, -0.2) is 0 Å². The molecule has 1 aromatic heterocycles. The Morgan fingerprint density at radius 1 is 1.55 bits per heavy atom. The first-order chi connectivity index (χ1) is 9.52. The minimum atomic E-state index is 0.219. The lowest BCUT2D eigenvalue weighted by atomic mass is 9.99. The van der Waals surface area contributed by atoms with Gasteiger partial charge in [-0.2, -0.15) is 0 Å². The molecule has 0 amide bonds. The third kappa shape index (κ3) is 3.61. The van der Waals surface area contributed by atoms with E-state index in [-0.39, 0.29) is 6.04 Å². The Balaban J connectivity index is 2.08. The van der Waals surface area contributed by atoms with Crippen molar-refractivity contribution in [3.05, 3.63) is 21.9 Å².